The summed E-state index contributed by atoms with van der Waals surface area (Å²) in [6, 6.07) is 0. The van der Waals surface area contributed by atoms with Crippen molar-refractivity contribution in [3.63, 3.8) is 0 Å². The van der Waals surface area contributed by atoms with Crippen molar-refractivity contribution in [2.75, 3.05) is 0 Å². The normalized spacial score (nSPS) is 12.3. The van der Waals surface area contributed by atoms with Crippen molar-refractivity contribution in [1.29, 1.82) is 0 Å². The van der Waals surface area contributed by atoms with Gasteiger partial charge in [0.05, 0.1) is 0 Å². The fourth-order valence-electron chi connectivity index (χ4n) is 0.976. The molecule has 0 aromatic rings. The number of ketones is 1. The summed E-state index contributed by atoms with van der Waals surface area (Å²) in [5.74, 6) is 0.267. The summed E-state index contributed by atoms with van der Waals surface area (Å²) in [7, 11) is 0. The Hall–Kier alpha value is -0.590. The number of unbranched alkanes of at least 4 members (excludes halogenated alkanes) is 2. The van der Waals surface area contributed by atoms with Crippen LogP contribution in [0.15, 0.2) is 12.2 Å². The summed E-state index contributed by atoms with van der Waals surface area (Å²) in [5.41, 5.74) is 0.125. The smallest absolute Gasteiger partial charge is 0.155 e. The Kier molecular flexibility index (Phi) is 5.68. The molecule has 0 heterocycles. The van der Waals surface area contributed by atoms with Crippen molar-refractivity contribution in [3.8, 4) is 0 Å². The molecule has 0 atom stereocenters. The van der Waals surface area contributed by atoms with Crippen LogP contribution < -0.4 is 0 Å². The van der Waals surface area contributed by atoms with Gasteiger partial charge in [0.2, 0.25) is 0 Å². The Labute approximate surface area is 82.2 Å². The van der Waals surface area contributed by atoms with Gasteiger partial charge in [-0.25, -0.2) is 0 Å². The molecule has 0 aliphatic rings. The summed E-state index contributed by atoms with van der Waals surface area (Å²) in [6.07, 6.45) is 7.80. The van der Waals surface area contributed by atoms with Gasteiger partial charge < -0.3 is 0 Å². The van der Waals surface area contributed by atoms with Gasteiger partial charge in [0.15, 0.2) is 5.78 Å². The van der Waals surface area contributed by atoms with E-state index in [-0.39, 0.29) is 11.2 Å². The molecule has 13 heavy (non-hydrogen) atoms. The summed E-state index contributed by atoms with van der Waals surface area (Å²) in [6.45, 7) is 8.45. The van der Waals surface area contributed by atoms with Crippen LogP contribution in [0.3, 0.4) is 0 Å². The Bertz CT molecular complexity index is 172. The van der Waals surface area contributed by atoms with Gasteiger partial charge in [-0.3, -0.25) is 4.79 Å². The second kappa shape index (κ2) is 5.95. The minimum atomic E-state index is 0.125. The third-order valence-electron chi connectivity index (χ3n) is 1.80. The quantitative estimate of drug-likeness (QED) is 0.467. The first-order chi connectivity index (χ1) is 5.95. The maximum atomic E-state index is 11.3. The summed E-state index contributed by atoms with van der Waals surface area (Å²) < 4.78 is 0. The Balaban J connectivity index is 3.68. The lowest BCUT2D eigenvalue weighted by molar-refractivity contribution is -0.114. The Morgan fingerprint density at radius 2 is 1.85 bits per heavy atom. The molecule has 0 aliphatic carbocycles. The molecule has 0 spiro atoms. The number of carbonyl (C=O) groups excluding carboxylic acids is 1. The van der Waals surface area contributed by atoms with Crippen LogP contribution in [0, 0.1) is 5.41 Å². The van der Waals surface area contributed by atoms with Crippen molar-refractivity contribution in [3.05, 3.63) is 12.2 Å². The van der Waals surface area contributed by atoms with Crippen LogP contribution in [0.5, 0.6) is 0 Å². The lowest BCUT2D eigenvalue weighted by atomic mass is 9.95. The van der Waals surface area contributed by atoms with E-state index in [2.05, 4.69) is 27.7 Å². The van der Waals surface area contributed by atoms with Gasteiger partial charge in [0, 0.05) is 6.42 Å². The highest BCUT2D eigenvalue weighted by Crippen LogP contribution is 2.14. The van der Waals surface area contributed by atoms with Crippen molar-refractivity contribution in [2.24, 2.45) is 5.41 Å². The second-order valence-corrected chi connectivity index (χ2v) is 4.62. The van der Waals surface area contributed by atoms with Crippen molar-refractivity contribution < 1.29 is 4.79 Å². The average molecular weight is 182 g/mol. The highest BCUT2D eigenvalue weighted by molar-refractivity contribution is 5.89. The zero-order valence-electron chi connectivity index (χ0n) is 9.39. The van der Waals surface area contributed by atoms with E-state index in [0.717, 1.165) is 12.8 Å². The van der Waals surface area contributed by atoms with E-state index in [4.69, 9.17) is 0 Å². The van der Waals surface area contributed by atoms with Crippen LogP contribution in [-0.2, 0) is 4.79 Å². The number of carbonyl (C=O) groups is 1. The molecule has 0 aromatic carbocycles. The molecule has 0 saturated carbocycles. The van der Waals surface area contributed by atoms with Crippen LogP contribution in [0.1, 0.15) is 53.4 Å². The van der Waals surface area contributed by atoms with E-state index in [9.17, 15) is 4.79 Å². The molecule has 0 N–H and O–H groups in total. The predicted molar refractivity (Wildman–Crippen MR) is 57.7 cm³/mol. The molecule has 1 nitrogen and oxygen atoms in total. The van der Waals surface area contributed by atoms with E-state index >= 15 is 0 Å². The minimum absolute atomic E-state index is 0.125. The zero-order chi connectivity index (χ0) is 10.3. The van der Waals surface area contributed by atoms with Crippen molar-refractivity contribution in [1.82, 2.24) is 0 Å². The Morgan fingerprint density at radius 3 is 2.31 bits per heavy atom. The third-order valence-corrected chi connectivity index (χ3v) is 1.80. The van der Waals surface area contributed by atoms with Gasteiger partial charge in [-0.2, -0.15) is 0 Å². The van der Waals surface area contributed by atoms with Gasteiger partial charge in [-0.15, -0.1) is 0 Å². The maximum Gasteiger partial charge on any atom is 0.155 e. The van der Waals surface area contributed by atoms with Gasteiger partial charge in [0.1, 0.15) is 0 Å². The summed E-state index contributed by atoms with van der Waals surface area (Å²) in [4.78, 5) is 11.3. The Morgan fingerprint density at radius 1 is 1.23 bits per heavy atom. The second-order valence-electron chi connectivity index (χ2n) is 4.62. The van der Waals surface area contributed by atoms with Gasteiger partial charge >= 0.3 is 0 Å². The standard InChI is InChI=1S/C12H22O/c1-5-6-7-8-11(13)9-10-12(2,3)4/h9-10H,5-8H2,1-4H3/b10-9+. The summed E-state index contributed by atoms with van der Waals surface area (Å²) in [5, 5.41) is 0. The number of allylic oxidation sites excluding steroid dienone is 2. The van der Waals surface area contributed by atoms with Crippen LogP contribution in [-0.4, -0.2) is 5.78 Å². The molecular formula is C12H22O. The highest BCUT2D eigenvalue weighted by atomic mass is 16.1. The summed E-state index contributed by atoms with van der Waals surface area (Å²) >= 11 is 0. The van der Waals surface area contributed by atoms with E-state index in [0.29, 0.717) is 6.42 Å². The molecule has 1 heteroatoms. The molecule has 0 unspecified atom stereocenters. The average Bonchev–Trinajstić information content (AvgIpc) is 2.00. The van der Waals surface area contributed by atoms with Crippen LogP contribution in [0.2, 0.25) is 0 Å². The monoisotopic (exact) mass is 182 g/mol. The molecule has 0 bridgehead atoms. The number of hydrogen-bond donors (Lipinski definition) is 0. The predicted octanol–water partition coefficient (Wildman–Crippen LogP) is 3.74. The highest BCUT2D eigenvalue weighted by Gasteiger charge is 2.05. The van der Waals surface area contributed by atoms with E-state index in [1.165, 1.54) is 6.42 Å². The van der Waals surface area contributed by atoms with Crippen molar-refractivity contribution >= 4 is 5.78 Å². The van der Waals surface area contributed by atoms with Crippen molar-refractivity contribution in [2.45, 2.75) is 53.4 Å². The molecule has 0 amide bonds. The fraction of sp³-hybridized carbons (Fsp3) is 0.750. The van der Waals surface area contributed by atoms with Gasteiger partial charge in [0.25, 0.3) is 0 Å². The molecule has 0 rings (SSSR count). The number of rotatable bonds is 5. The van der Waals surface area contributed by atoms with Gasteiger partial charge in [-0.05, 0) is 17.9 Å². The molecule has 0 aromatic heterocycles. The lowest BCUT2D eigenvalue weighted by Gasteiger charge is -2.10. The molecular weight excluding hydrogens is 160 g/mol. The van der Waals surface area contributed by atoms with Crippen LogP contribution in [0.4, 0.5) is 0 Å². The minimum Gasteiger partial charge on any atom is -0.295 e. The molecule has 76 valence electrons. The van der Waals surface area contributed by atoms with Gasteiger partial charge in [-0.1, -0.05) is 46.6 Å². The van der Waals surface area contributed by atoms with Crippen LogP contribution >= 0.6 is 0 Å². The third kappa shape index (κ3) is 9.32. The van der Waals surface area contributed by atoms with E-state index < -0.39 is 0 Å². The van der Waals surface area contributed by atoms with E-state index in [1.54, 1.807) is 6.08 Å². The topological polar surface area (TPSA) is 17.1 Å². The largest absolute Gasteiger partial charge is 0.295 e. The van der Waals surface area contributed by atoms with E-state index in [1.807, 2.05) is 6.08 Å². The molecule has 0 aliphatic heterocycles. The SMILES string of the molecule is CCCCCC(=O)/C=C/C(C)(C)C. The first kappa shape index (κ1) is 12.4. The molecule has 0 fully saturated rings. The maximum absolute atomic E-state index is 11.3. The molecule has 0 radical (unpaired) electrons. The number of hydrogen-bond acceptors (Lipinski definition) is 1. The fourth-order valence-corrected chi connectivity index (χ4v) is 0.976. The zero-order valence-corrected chi connectivity index (χ0v) is 9.39. The first-order valence-electron chi connectivity index (χ1n) is 5.18. The lowest BCUT2D eigenvalue weighted by Crippen LogP contribution is -2.01. The van der Waals surface area contributed by atoms with Crippen LogP contribution in [0.25, 0.3) is 0 Å². The first-order valence-corrected chi connectivity index (χ1v) is 5.18. The molecule has 0 saturated heterocycles.